The lowest BCUT2D eigenvalue weighted by Gasteiger charge is -2.42. The molecule has 0 aliphatic heterocycles. The standard InChI is InChI=1S/C29H36Cl2FN2O4Si/c1-9-37-28(36)20-15-34(23(16(2)3)26(29(4,5)6)38-39(7)8)24-19(25(20)35)14-18(33-27(24)31)13-17-11-10-12-21(30)22(17)32/h10-12,14-16,23,26H,9,13H2,1-8H3/t23-,26?/m0/s1. The second kappa shape index (κ2) is 12.5. The molecule has 2 heterocycles. The van der Waals surface area contributed by atoms with Crippen LogP contribution in [0.3, 0.4) is 0 Å². The summed E-state index contributed by atoms with van der Waals surface area (Å²) in [5, 5.41) is 0.274. The summed E-state index contributed by atoms with van der Waals surface area (Å²) >= 11 is 12.8. The first-order chi connectivity index (χ1) is 18.2. The van der Waals surface area contributed by atoms with Crippen molar-refractivity contribution in [3.8, 4) is 0 Å². The molecule has 0 saturated carbocycles. The molecule has 211 valence electrons. The van der Waals surface area contributed by atoms with E-state index < -0.39 is 26.3 Å². The number of aromatic nitrogens is 2. The molecule has 0 aliphatic carbocycles. The molecule has 1 aromatic carbocycles. The fourth-order valence-corrected chi connectivity index (χ4v) is 6.28. The van der Waals surface area contributed by atoms with Crippen LogP contribution in [-0.4, -0.2) is 37.3 Å². The predicted octanol–water partition coefficient (Wildman–Crippen LogP) is 7.49. The zero-order valence-corrected chi connectivity index (χ0v) is 26.2. The summed E-state index contributed by atoms with van der Waals surface area (Å²) < 4.78 is 28.3. The second-order valence-electron chi connectivity index (χ2n) is 11.2. The third kappa shape index (κ3) is 6.91. The average Bonchev–Trinajstić information content (AvgIpc) is 2.82. The normalized spacial score (nSPS) is 13.8. The average molecular weight is 595 g/mol. The molecule has 0 saturated heterocycles. The molecule has 6 nitrogen and oxygen atoms in total. The lowest BCUT2D eigenvalue weighted by molar-refractivity contribution is 0.0212. The number of ether oxygens (including phenoxy) is 1. The minimum Gasteiger partial charge on any atom is -0.462 e. The second-order valence-corrected chi connectivity index (χ2v) is 14.1. The van der Waals surface area contributed by atoms with Crippen LogP contribution in [0.25, 0.3) is 10.9 Å². The van der Waals surface area contributed by atoms with Gasteiger partial charge in [0.2, 0.25) is 14.5 Å². The molecule has 1 unspecified atom stereocenters. The van der Waals surface area contributed by atoms with Gasteiger partial charge in [-0.25, -0.2) is 14.2 Å². The molecule has 3 rings (SSSR count). The minimum atomic E-state index is -1.12. The number of esters is 1. The number of carbonyl (C=O) groups is 1. The van der Waals surface area contributed by atoms with Gasteiger partial charge in [0.05, 0.1) is 34.7 Å². The third-order valence-electron chi connectivity index (χ3n) is 6.45. The molecular weight excluding hydrogens is 558 g/mol. The minimum absolute atomic E-state index is 0.00732. The van der Waals surface area contributed by atoms with E-state index in [1.165, 1.54) is 12.3 Å². The maximum atomic E-state index is 14.7. The number of benzene rings is 1. The fourth-order valence-electron chi connectivity index (χ4n) is 4.77. The molecule has 0 spiro atoms. The quantitative estimate of drug-likeness (QED) is 0.146. The first-order valence-corrected chi connectivity index (χ1v) is 16.1. The molecule has 10 heteroatoms. The van der Waals surface area contributed by atoms with Crippen molar-refractivity contribution in [2.24, 2.45) is 11.3 Å². The Morgan fingerprint density at radius 1 is 1.21 bits per heavy atom. The van der Waals surface area contributed by atoms with Crippen molar-refractivity contribution < 1.29 is 18.3 Å². The van der Waals surface area contributed by atoms with E-state index in [9.17, 15) is 14.0 Å². The van der Waals surface area contributed by atoms with Gasteiger partial charge < -0.3 is 13.7 Å². The summed E-state index contributed by atoms with van der Waals surface area (Å²) in [7, 11) is -1.12. The van der Waals surface area contributed by atoms with Crippen molar-refractivity contribution in [3.05, 3.63) is 73.5 Å². The van der Waals surface area contributed by atoms with Crippen LogP contribution < -0.4 is 5.43 Å². The van der Waals surface area contributed by atoms with E-state index in [-0.39, 0.29) is 57.6 Å². The van der Waals surface area contributed by atoms with Crippen LogP contribution in [-0.2, 0) is 15.6 Å². The van der Waals surface area contributed by atoms with Gasteiger partial charge >= 0.3 is 5.97 Å². The largest absolute Gasteiger partial charge is 0.462 e. The molecule has 0 fully saturated rings. The first-order valence-electron chi connectivity index (χ1n) is 13.0. The van der Waals surface area contributed by atoms with Crippen LogP contribution in [0.1, 0.15) is 69.2 Å². The van der Waals surface area contributed by atoms with Gasteiger partial charge in [0.15, 0.2) is 5.15 Å². The molecule has 0 N–H and O–H groups in total. The van der Waals surface area contributed by atoms with E-state index in [2.05, 4.69) is 52.7 Å². The van der Waals surface area contributed by atoms with Gasteiger partial charge in [-0.2, -0.15) is 0 Å². The number of fused-ring (bicyclic) bond motifs is 1. The van der Waals surface area contributed by atoms with Crippen molar-refractivity contribution in [2.45, 2.75) is 73.2 Å². The molecule has 0 bridgehead atoms. The van der Waals surface area contributed by atoms with Gasteiger partial charge in [0, 0.05) is 18.3 Å². The highest BCUT2D eigenvalue weighted by atomic mass is 35.5. The summed E-state index contributed by atoms with van der Waals surface area (Å²) in [5.74, 6) is -1.25. The number of pyridine rings is 2. The van der Waals surface area contributed by atoms with E-state index in [0.717, 1.165) is 0 Å². The van der Waals surface area contributed by atoms with Crippen LogP contribution in [0.4, 0.5) is 4.39 Å². The number of hydrogen-bond donors (Lipinski definition) is 0. The number of nitrogens with zero attached hydrogens (tertiary/aromatic N) is 2. The Balaban J connectivity index is 2.37. The highest BCUT2D eigenvalue weighted by Crippen LogP contribution is 2.39. The van der Waals surface area contributed by atoms with Crippen molar-refractivity contribution >= 4 is 49.1 Å². The molecule has 39 heavy (non-hydrogen) atoms. The molecule has 3 aromatic rings. The summed E-state index contributed by atoms with van der Waals surface area (Å²) in [6, 6.07) is 5.99. The van der Waals surface area contributed by atoms with Crippen molar-refractivity contribution in [3.63, 3.8) is 0 Å². The lowest BCUT2D eigenvalue weighted by atomic mass is 9.80. The number of hydrogen-bond acceptors (Lipinski definition) is 5. The Morgan fingerprint density at radius 3 is 2.44 bits per heavy atom. The van der Waals surface area contributed by atoms with E-state index >= 15 is 0 Å². The smallest absolute Gasteiger partial charge is 0.343 e. The summed E-state index contributed by atoms with van der Waals surface area (Å²) in [4.78, 5) is 31.2. The van der Waals surface area contributed by atoms with Crippen LogP contribution in [0, 0.1) is 17.2 Å². The lowest BCUT2D eigenvalue weighted by Crippen LogP contribution is -2.43. The van der Waals surface area contributed by atoms with Crippen molar-refractivity contribution in [1.82, 2.24) is 9.55 Å². The molecule has 1 radical (unpaired) electrons. The Bertz CT molecular complexity index is 1420. The van der Waals surface area contributed by atoms with Crippen LogP contribution in [0.2, 0.25) is 23.3 Å². The molecular formula is C29H36Cl2FN2O4Si. The first kappa shape index (κ1) is 31.3. The van der Waals surface area contributed by atoms with Gasteiger partial charge in [0.1, 0.15) is 11.4 Å². The fraction of sp³-hybridized carbons (Fsp3) is 0.483. The van der Waals surface area contributed by atoms with Crippen LogP contribution in [0.5, 0.6) is 0 Å². The molecule has 2 aromatic heterocycles. The Kier molecular flexibility index (Phi) is 10.0. The van der Waals surface area contributed by atoms with E-state index in [1.54, 1.807) is 25.1 Å². The van der Waals surface area contributed by atoms with Crippen molar-refractivity contribution in [1.29, 1.82) is 0 Å². The maximum absolute atomic E-state index is 14.7. The Morgan fingerprint density at radius 2 is 1.87 bits per heavy atom. The third-order valence-corrected chi connectivity index (χ3v) is 7.73. The predicted molar refractivity (Wildman–Crippen MR) is 157 cm³/mol. The Hall–Kier alpha value is -2.26. The number of carbonyl (C=O) groups excluding carboxylic acids is 1. The Labute approximate surface area is 241 Å². The molecule has 2 atom stereocenters. The summed E-state index contributed by atoms with van der Waals surface area (Å²) in [6.45, 7) is 16.4. The zero-order valence-electron chi connectivity index (χ0n) is 23.7. The van der Waals surface area contributed by atoms with Gasteiger partial charge in [-0.05, 0) is 49.0 Å². The highest BCUT2D eigenvalue weighted by molar-refractivity contribution is 6.48. The van der Waals surface area contributed by atoms with E-state index in [4.69, 9.17) is 32.4 Å². The maximum Gasteiger partial charge on any atom is 0.343 e. The summed E-state index contributed by atoms with van der Waals surface area (Å²) in [5.41, 5.74) is 0.166. The highest BCUT2D eigenvalue weighted by Gasteiger charge is 2.38. The monoisotopic (exact) mass is 593 g/mol. The van der Waals surface area contributed by atoms with Gasteiger partial charge in [0.25, 0.3) is 0 Å². The van der Waals surface area contributed by atoms with Crippen LogP contribution >= 0.6 is 23.2 Å². The van der Waals surface area contributed by atoms with Crippen molar-refractivity contribution in [2.75, 3.05) is 6.61 Å². The van der Waals surface area contributed by atoms with E-state index in [1.807, 2.05) is 4.57 Å². The SMILES string of the molecule is CCOC(=O)c1cn([C@@H](C(C)C)C(O[Si](C)C)C(C)(C)C)c2c(Cl)nc(Cc3cccc(Cl)c3F)cc2c1=O. The molecule has 0 amide bonds. The number of halogens is 3. The van der Waals surface area contributed by atoms with Gasteiger partial charge in [-0.3, -0.25) is 4.79 Å². The number of rotatable bonds is 9. The zero-order chi connectivity index (χ0) is 29.2. The van der Waals surface area contributed by atoms with Gasteiger partial charge in [-0.15, -0.1) is 0 Å². The van der Waals surface area contributed by atoms with Gasteiger partial charge in [-0.1, -0.05) is 70.0 Å². The van der Waals surface area contributed by atoms with E-state index in [0.29, 0.717) is 16.8 Å². The topological polar surface area (TPSA) is 70.4 Å². The van der Waals surface area contributed by atoms with Crippen LogP contribution in [0.15, 0.2) is 35.3 Å². The summed E-state index contributed by atoms with van der Waals surface area (Å²) in [6.07, 6.45) is 1.32. The molecule has 0 aliphatic rings.